The summed E-state index contributed by atoms with van der Waals surface area (Å²) in [5.74, 6) is -1.26. The molecule has 1 saturated heterocycles. The first kappa shape index (κ1) is 20.1. The Kier molecular flexibility index (Phi) is 6.45. The molecule has 0 radical (unpaired) electrons. The summed E-state index contributed by atoms with van der Waals surface area (Å²) in [4.78, 5) is 0. The van der Waals surface area contributed by atoms with Crippen molar-refractivity contribution in [1.82, 2.24) is 4.31 Å². The van der Waals surface area contributed by atoms with Gasteiger partial charge in [0.25, 0.3) is 0 Å². The highest BCUT2D eigenvalue weighted by Crippen LogP contribution is 2.39. The molecule has 25 heavy (non-hydrogen) atoms. The van der Waals surface area contributed by atoms with Crippen molar-refractivity contribution in [3.05, 3.63) is 35.6 Å². The van der Waals surface area contributed by atoms with Gasteiger partial charge in [-0.2, -0.15) is 17.5 Å². The van der Waals surface area contributed by atoms with Crippen molar-refractivity contribution in [3.63, 3.8) is 0 Å². The summed E-state index contributed by atoms with van der Waals surface area (Å²) in [6.07, 6.45) is -3.80. The van der Waals surface area contributed by atoms with Crippen LogP contribution >= 0.6 is 0 Å². The molecule has 9 heteroatoms. The van der Waals surface area contributed by atoms with E-state index in [1.165, 1.54) is 6.92 Å². The molecule has 0 amide bonds. The van der Waals surface area contributed by atoms with E-state index in [0.29, 0.717) is 30.4 Å². The number of ether oxygens (including phenoxy) is 1. The van der Waals surface area contributed by atoms with E-state index in [9.17, 15) is 26.0 Å². The maximum Gasteiger partial charge on any atom is 0.409 e. The normalized spacial score (nSPS) is 18.5. The topological polar surface area (TPSA) is 46.6 Å². The predicted molar refractivity (Wildman–Crippen MR) is 84.9 cm³/mol. The van der Waals surface area contributed by atoms with Crippen LogP contribution in [0, 0.1) is 11.7 Å². The Hall–Kier alpha value is -1.19. The molecular formula is C16H21F4NO3S. The highest BCUT2D eigenvalue weighted by molar-refractivity contribution is 7.89. The van der Waals surface area contributed by atoms with Gasteiger partial charge in [-0.3, -0.25) is 0 Å². The van der Waals surface area contributed by atoms with Crippen molar-refractivity contribution in [1.29, 1.82) is 0 Å². The number of hydrogen-bond donors (Lipinski definition) is 0. The average Bonchev–Trinajstić information content (AvgIpc) is 2.53. The molecule has 1 heterocycles. The molecule has 1 aromatic rings. The maximum atomic E-state index is 13.6. The van der Waals surface area contributed by atoms with Crippen LogP contribution in [0.5, 0.6) is 0 Å². The molecule has 0 bridgehead atoms. The third-order valence-corrected chi connectivity index (χ3v) is 6.32. The van der Waals surface area contributed by atoms with E-state index in [0.717, 1.165) is 24.3 Å². The van der Waals surface area contributed by atoms with Gasteiger partial charge in [-0.1, -0.05) is 19.1 Å². The van der Waals surface area contributed by atoms with Crippen LogP contribution in [0.15, 0.2) is 24.3 Å². The SMILES string of the molecule is CCN(C(c1ccc(F)cc1)C(F)(F)F)S(=O)(=O)CC1CCOCC1. The second-order valence-corrected chi connectivity index (χ2v) is 8.00. The van der Waals surface area contributed by atoms with Crippen molar-refractivity contribution >= 4 is 10.0 Å². The number of rotatable bonds is 6. The highest BCUT2D eigenvalue weighted by Gasteiger charge is 2.48. The van der Waals surface area contributed by atoms with Gasteiger partial charge in [0.15, 0.2) is 0 Å². The zero-order chi connectivity index (χ0) is 18.7. The summed E-state index contributed by atoms with van der Waals surface area (Å²) in [5, 5.41) is 0. The van der Waals surface area contributed by atoms with Crippen molar-refractivity contribution in [2.24, 2.45) is 5.92 Å². The van der Waals surface area contributed by atoms with Gasteiger partial charge < -0.3 is 4.74 Å². The van der Waals surface area contributed by atoms with Crippen LogP contribution in [0.1, 0.15) is 31.4 Å². The molecule has 0 spiro atoms. The fourth-order valence-electron chi connectivity index (χ4n) is 3.01. The van der Waals surface area contributed by atoms with Gasteiger partial charge in [0.05, 0.1) is 5.75 Å². The molecule has 0 saturated carbocycles. The van der Waals surface area contributed by atoms with E-state index in [1.807, 2.05) is 0 Å². The first-order valence-corrected chi connectivity index (χ1v) is 9.65. The minimum Gasteiger partial charge on any atom is -0.381 e. The van der Waals surface area contributed by atoms with Gasteiger partial charge in [0.1, 0.15) is 11.9 Å². The third-order valence-electron chi connectivity index (χ3n) is 4.24. The molecule has 1 unspecified atom stereocenters. The third kappa shape index (κ3) is 5.15. The largest absolute Gasteiger partial charge is 0.409 e. The summed E-state index contributed by atoms with van der Waals surface area (Å²) in [6.45, 7) is 1.86. The monoisotopic (exact) mass is 383 g/mol. The van der Waals surface area contributed by atoms with Crippen molar-refractivity contribution in [2.45, 2.75) is 32.0 Å². The van der Waals surface area contributed by atoms with E-state index in [1.54, 1.807) is 0 Å². The van der Waals surface area contributed by atoms with Crippen LogP contribution < -0.4 is 0 Å². The quantitative estimate of drug-likeness (QED) is 0.707. The van der Waals surface area contributed by atoms with Crippen LogP contribution in [0.2, 0.25) is 0 Å². The molecule has 1 aromatic carbocycles. The van der Waals surface area contributed by atoms with E-state index >= 15 is 0 Å². The second kappa shape index (κ2) is 8.01. The predicted octanol–water partition coefficient (Wildman–Crippen LogP) is 3.51. The number of sulfonamides is 1. The van der Waals surface area contributed by atoms with E-state index in [4.69, 9.17) is 4.74 Å². The lowest BCUT2D eigenvalue weighted by atomic mass is 10.0. The van der Waals surface area contributed by atoms with Gasteiger partial charge in [-0.05, 0) is 36.5 Å². The fourth-order valence-corrected chi connectivity index (χ4v) is 5.09. The summed E-state index contributed by atoms with van der Waals surface area (Å²) in [6, 6.07) is 1.41. The summed E-state index contributed by atoms with van der Waals surface area (Å²) in [7, 11) is -4.15. The lowest BCUT2D eigenvalue weighted by molar-refractivity contribution is -0.173. The molecule has 1 fully saturated rings. The van der Waals surface area contributed by atoms with Gasteiger partial charge in [0.2, 0.25) is 10.0 Å². The first-order chi connectivity index (χ1) is 11.6. The van der Waals surface area contributed by atoms with Gasteiger partial charge in [-0.25, -0.2) is 12.8 Å². The summed E-state index contributed by atoms with van der Waals surface area (Å²) in [5.41, 5.74) is -0.300. The molecule has 0 aliphatic carbocycles. The minimum absolute atomic E-state index is 0.227. The molecule has 142 valence electrons. The summed E-state index contributed by atoms with van der Waals surface area (Å²) >= 11 is 0. The van der Waals surface area contributed by atoms with Gasteiger partial charge >= 0.3 is 6.18 Å². The molecule has 4 nitrogen and oxygen atoms in total. The van der Waals surface area contributed by atoms with Crippen molar-refractivity contribution < 1.29 is 30.7 Å². The zero-order valence-corrected chi connectivity index (χ0v) is 14.6. The highest BCUT2D eigenvalue weighted by atomic mass is 32.2. The second-order valence-electron chi connectivity index (χ2n) is 6.03. The Balaban J connectivity index is 2.33. The first-order valence-electron chi connectivity index (χ1n) is 8.04. The van der Waals surface area contributed by atoms with Crippen LogP contribution in [0.3, 0.4) is 0 Å². The van der Waals surface area contributed by atoms with Crippen LogP contribution in [0.25, 0.3) is 0 Å². The average molecular weight is 383 g/mol. The number of alkyl halides is 3. The standard InChI is InChI=1S/C16H21F4NO3S/c1-2-21(25(22,23)11-12-7-9-24-10-8-12)15(16(18,19)20)13-3-5-14(17)6-4-13/h3-6,12,15H,2,7-11H2,1H3. The Morgan fingerprint density at radius 3 is 2.24 bits per heavy atom. The smallest absolute Gasteiger partial charge is 0.381 e. The molecule has 1 aliphatic rings. The number of halogens is 4. The summed E-state index contributed by atoms with van der Waals surface area (Å²) < 4.78 is 84.9. The molecule has 2 rings (SSSR count). The Bertz CT molecular complexity index is 655. The number of benzene rings is 1. The Morgan fingerprint density at radius 1 is 1.20 bits per heavy atom. The lowest BCUT2D eigenvalue weighted by Crippen LogP contribution is -2.44. The van der Waals surface area contributed by atoms with Crippen LogP contribution in [0.4, 0.5) is 17.6 Å². The lowest BCUT2D eigenvalue weighted by Gasteiger charge is -2.33. The van der Waals surface area contributed by atoms with Crippen LogP contribution in [-0.4, -0.2) is 44.4 Å². The van der Waals surface area contributed by atoms with Gasteiger partial charge in [-0.15, -0.1) is 0 Å². The van der Waals surface area contributed by atoms with Crippen molar-refractivity contribution in [2.75, 3.05) is 25.5 Å². The molecule has 0 aromatic heterocycles. The molecular weight excluding hydrogens is 362 g/mol. The molecule has 1 atom stereocenters. The number of hydrogen-bond acceptors (Lipinski definition) is 3. The van der Waals surface area contributed by atoms with Crippen molar-refractivity contribution in [3.8, 4) is 0 Å². The van der Waals surface area contributed by atoms with Crippen LogP contribution in [-0.2, 0) is 14.8 Å². The maximum absolute atomic E-state index is 13.6. The molecule has 1 aliphatic heterocycles. The number of nitrogens with zero attached hydrogens (tertiary/aromatic N) is 1. The Morgan fingerprint density at radius 2 is 1.76 bits per heavy atom. The molecule has 0 N–H and O–H groups in total. The van der Waals surface area contributed by atoms with E-state index in [-0.39, 0.29) is 23.8 Å². The fraction of sp³-hybridized carbons (Fsp3) is 0.625. The van der Waals surface area contributed by atoms with E-state index in [2.05, 4.69) is 0 Å². The van der Waals surface area contributed by atoms with E-state index < -0.39 is 28.1 Å². The Labute approximate surface area is 144 Å². The zero-order valence-electron chi connectivity index (χ0n) is 13.8. The van der Waals surface area contributed by atoms with Gasteiger partial charge in [0, 0.05) is 19.8 Å². The minimum atomic E-state index is -4.81.